The molecule has 2 fully saturated rings. The summed E-state index contributed by atoms with van der Waals surface area (Å²) in [6.07, 6.45) is -3.81. The summed E-state index contributed by atoms with van der Waals surface area (Å²) in [5.41, 5.74) is -2.27. The molecule has 0 bridgehead atoms. The van der Waals surface area contributed by atoms with Gasteiger partial charge >= 0.3 is 12.3 Å². The molecule has 0 unspecified atom stereocenters. The van der Waals surface area contributed by atoms with E-state index in [0.717, 1.165) is 12.1 Å². The Balaban J connectivity index is 1.69. The lowest BCUT2D eigenvalue weighted by Gasteiger charge is -2.39. The van der Waals surface area contributed by atoms with Crippen LogP contribution in [0.1, 0.15) is 45.6 Å². The number of likely N-dealkylation sites (tertiary alicyclic amines) is 1. The quantitative estimate of drug-likeness (QED) is 0.629. The average Bonchev–Trinajstić information content (AvgIpc) is 2.89. The lowest BCUT2D eigenvalue weighted by atomic mass is 9.78. The first-order valence-corrected chi connectivity index (χ1v) is 9.45. The smallest absolute Gasteiger partial charge is 0.416 e. The van der Waals surface area contributed by atoms with E-state index in [9.17, 15) is 27.2 Å². The molecule has 2 aliphatic heterocycles. The molecule has 9 heteroatoms. The van der Waals surface area contributed by atoms with Gasteiger partial charge in [-0.25, -0.2) is 9.18 Å². The lowest BCUT2D eigenvalue weighted by Crippen LogP contribution is -2.46. The van der Waals surface area contributed by atoms with Crippen molar-refractivity contribution in [3.05, 3.63) is 29.6 Å². The van der Waals surface area contributed by atoms with Gasteiger partial charge in [-0.15, -0.1) is 0 Å². The molecule has 0 radical (unpaired) electrons. The van der Waals surface area contributed by atoms with Gasteiger partial charge in [-0.1, -0.05) is 0 Å². The molecule has 0 saturated carbocycles. The molecular formula is C20H24F4N2O3. The van der Waals surface area contributed by atoms with Crippen LogP contribution in [-0.4, -0.2) is 42.1 Å². The van der Waals surface area contributed by atoms with Crippen LogP contribution in [0.2, 0.25) is 0 Å². The predicted molar refractivity (Wildman–Crippen MR) is 97.8 cm³/mol. The van der Waals surface area contributed by atoms with E-state index in [2.05, 4.69) is 0 Å². The van der Waals surface area contributed by atoms with Crippen molar-refractivity contribution in [1.29, 1.82) is 0 Å². The monoisotopic (exact) mass is 416 g/mol. The number of rotatable bonds is 1. The predicted octanol–water partition coefficient (Wildman–Crippen LogP) is 4.60. The van der Waals surface area contributed by atoms with Crippen LogP contribution in [0.15, 0.2) is 18.2 Å². The Kier molecular flexibility index (Phi) is 5.29. The second-order valence-corrected chi connectivity index (χ2v) is 8.79. The Morgan fingerprint density at radius 3 is 2.28 bits per heavy atom. The fourth-order valence-corrected chi connectivity index (χ4v) is 3.84. The number of nitrogens with zero attached hydrogens (tertiary/aromatic N) is 2. The Bertz CT molecular complexity index is 809. The van der Waals surface area contributed by atoms with Gasteiger partial charge in [0.15, 0.2) is 0 Å². The van der Waals surface area contributed by atoms with Gasteiger partial charge in [-0.3, -0.25) is 4.79 Å². The van der Waals surface area contributed by atoms with Crippen LogP contribution in [0.25, 0.3) is 0 Å². The van der Waals surface area contributed by atoms with Crippen LogP contribution >= 0.6 is 0 Å². The number of carbonyl (C=O) groups is 2. The zero-order valence-electron chi connectivity index (χ0n) is 16.6. The summed E-state index contributed by atoms with van der Waals surface area (Å²) in [7, 11) is 0. The summed E-state index contributed by atoms with van der Waals surface area (Å²) >= 11 is 0. The zero-order valence-corrected chi connectivity index (χ0v) is 16.6. The molecule has 2 heterocycles. The molecule has 2 saturated heterocycles. The van der Waals surface area contributed by atoms with Gasteiger partial charge in [0.05, 0.1) is 11.3 Å². The van der Waals surface area contributed by atoms with Gasteiger partial charge in [0.25, 0.3) is 0 Å². The fourth-order valence-electron chi connectivity index (χ4n) is 3.84. The van der Waals surface area contributed by atoms with Crippen LogP contribution in [0.4, 0.5) is 28.0 Å². The second-order valence-electron chi connectivity index (χ2n) is 8.79. The highest BCUT2D eigenvalue weighted by molar-refractivity contribution is 5.96. The van der Waals surface area contributed by atoms with E-state index in [0.29, 0.717) is 32.0 Å². The third-order valence-corrected chi connectivity index (χ3v) is 5.36. The van der Waals surface area contributed by atoms with Crippen molar-refractivity contribution in [3.63, 3.8) is 0 Å². The Morgan fingerprint density at radius 2 is 1.76 bits per heavy atom. The lowest BCUT2D eigenvalue weighted by molar-refractivity contribution is -0.137. The molecule has 0 aliphatic carbocycles. The molecule has 0 atom stereocenters. The third-order valence-electron chi connectivity index (χ3n) is 5.36. The number of alkyl halides is 3. The van der Waals surface area contributed by atoms with E-state index in [1.165, 1.54) is 4.90 Å². The molecule has 5 nitrogen and oxygen atoms in total. The number of halogens is 4. The minimum Gasteiger partial charge on any atom is -0.444 e. The Hall–Kier alpha value is -2.32. The van der Waals surface area contributed by atoms with Gasteiger partial charge in [-0.05, 0) is 51.8 Å². The maximum absolute atomic E-state index is 14.3. The van der Waals surface area contributed by atoms with Gasteiger partial charge in [0, 0.05) is 31.5 Å². The van der Waals surface area contributed by atoms with Crippen molar-refractivity contribution in [2.24, 2.45) is 5.41 Å². The van der Waals surface area contributed by atoms with E-state index in [-0.39, 0.29) is 24.6 Å². The molecule has 2 amide bonds. The molecule has 160 valence electrons. The first-order chi connectivity index (χ1) is 13.3. The van der Waals surface area contributed by atoms with Crippen molar-refractivity contribution >= 4 is 17.7 Å². The van der Waals surface area contributed by atoms with Crippen molar-refractivity contribution in [2.75, 3.05) is 24.5 Å². The number of piperidine rings is 1. The molecule has 0 N–H and O–H groups in total. The number of amides is 2. The molecular weight excluding hydrogens is 392 g/mol. The fraction of sp³-hybridized carbons (Fsp3) is 0.600. The SMILES string of the molecule is CC(C)(C)OC(=O)N1CCC2(CC1)CC(=O)N(c1ccc(C(F)(F)F)cc1F)C2. The number of ether oxygens (including phenoxy) is 1. The number of anilines is 1. The van der Waals surface area contributed by atoms with E-state index in [1.54, 1.807) is 25.7 Å². The topological polar surface area (TPSA) is 49.9 Å². The summed E-state index contributed by atoms with van der Waals surface area (Å²) < 4.78 is 57.9. The molecule has 2 aliphatic rings. The normalized spacial score (nSPS) is 19.8. The van der Waals surface area contributed by atoms with Crippen LogP contribution in [0, 0.1) is 11.2 Å². The molecule has 1 spiro atoms. The van der Waals surface area contributed by atoms with E-state index in [1.807, 2.05) is 0 Å². The molecule has 1 aromatic carbocycles. The number of hydrogen-bond donors (Lipinski definition) is 0. The number of benzene rings is 1. The number of hydrogen-bond acceptors (Lipinski definition) is 3. The van der Waals surface area contributed by atoms with E-state index < -0.39 is 34.7 Å². The second kappa shape index (κ2) is 7.18. The third kappa shape index (κ3) is 4.64. The zero-order chi connectivity index (χ0) is 21.6. The Labute approximate surface area is 166 Å². The maximum atomic E-state index is 14.3. The van der Waals surface area contributed by atoms with Crippen molar-refractivity contribution in [2.45, 2.75) is 51.8 Å². The first kappa shape index (κ1) is 21.4. The van der Waals surface area contributed by atoms with Gasteiger partial charge in [0.1, 0.15) is 11.4 Å². The van der Waals surface area contributed by atoms with Gasteiger partial charge < -0.3 is 14.5 Å². The summed E-state index contributed by atoms with van der Waals surface area (Å²) in [5.74, 6) is -1.40. The largest absolute Gasteiger partial charge is 0.444 e. The standard InChI is InChI=1S/C20H24F4N2O3/c1-18(2,3)29-17(28)25-8-6-19(7-9-25)11-16(27)26(12-19)15-5-4-13(10-14(15)21)20(22,23)24/h4-5,10H,6-9,11-12H2,1-3H3. The summed E-state index contributed by atoms with van der Waals surface area (Å²) in [6.45, 7) is 6.38. The summed E-state index contributed by atoms with van der Waals surface area (Å²) in [5, 5.41) is 0. The van der Waals surface area contributed by atoms with Crippen molar-refractivity contribution in [3.8, 4) is 0 Å². The maximum Gasteiger partial charge on any atom is 0.416 e. The summed E-state index contributed by atoms with van der Waals surface area (Å²) in [4.78, 5) is 27.5. The molecule has 1 aromatic rings. The van der Waals surface area contributed by atoms with Crippen LogP contribution in [0.5, 0.6) is 0 Å². The minimum atomic E-state index is -4.65. The highest BCUT2D eigenvalue weighted by atomic mass is 19.4. The minimum absolute atomic E-state index is 0.144. The van der Waals surface area contributed by atoms with Crippen LogP contribution in [0.3, 0.4) is 0 Å². The van der Waals surface area contributed by atoms with Crippen molar-refractivity contribution in [1.82, 2.24) is 4.90 Å². The van der Waals surface area contributed by atoms with Crippen molar-refractivity contribution < 1.29 is 31.9 Å². The van der Waals surface area contributed by atoms with Crippen LogP contribution in [-0.2, 0) is 15.7 Å². The Morgan fingerprint density at radius 1 is 1.14 bits per heavy atom. The van der Waals surface area contributed by atoms with Gasteiger partial charge in [0.2, 0.25) is 5.91 Å². The number of carbonyl (C=O) groups excluding carboxylic acids is 2. The molecule has 29 heavy (non-hydrogen) atoms. The average molecular weight is 416 g/mol. The van der Waals surface area contributed by atoms with E-state index in [4.69, 9.17) is 4.74 Å². The molecule has 3 rings (SSSR count). The molecule has 0 aromatic heterocycles. The van der Waals surface area contributed by atoms with E-state index >= 15 is 0 Å². The highest BCUT2D eigenvalue weighted by Crippen LogP contribution is 2.44. The first-order valence-electron chi connectivity index (χ1n) is 9.45. The highest BCUT2D eigenvalue weighted by Gasteiger charge is 2.47. The van der Waals surface area contributed by atoms with Crippen LogP contribution < -0.4 is 4.90 Å². The summed E-state index contributed by atoms with van der Waals surface area (Å²) in [6, 6.07) is 2.20. The van der Waals surface area contributed by atoms with Gasteiger partial charge in [-0.2, -0.15) is 13.2 Å².